The van der Waals surface area contributed by atoms with E-state index in [-0.39, 0.29) is 31.0 Å². The molecule has 28 heavy (non-hydrogen) atoms. The van der Waals surface area contributed by atoms with E-state index in [1.165, 1.54) is 16.7 Å². The molecule has 150 valence electrons. The van der Waals surface area contributed by atoms with Crippen LogP contribution < -0.4 is 4.74 Å². The van der Waals surface area contributed by atoms with Crippen molar-refractivity contribution in [3.8, 4) is 5.75 Å². The summed E-state index contributed by atoms with van der Waals surface area (Å²) in [6, 6.07) is 7.43. The van der Waals surface area contributed by atoms with Crippen LogP contribution in [0.1, 0.15) is 31.2 Å². The number of aliphatic hydroxyl groups is 1. The normalized spacial score (nSPS) is 21.5. The molecule has 2 saturated heterocycles. The number of thiocarbonyl (C=S) groups is 1. The topological polar surface area (TPSA) is 70.1 Å². The molecule has 1 aromatic rings. The Morgan fingerprint density at radius 3 is 2.79 bits per heavy atom. The number of nitrogens with zero attached hydrogens (tertiary/aromatic N) is 2. The number of likely N-dealkylation sites (tertiary alicyclic amines) is 1. The van der Waals surface area contributed by atoms with Gasteiger partial charge in [-0.15, -0.1) is 0 Å². The van der Waals surface area contributed by atoms with Crippen molar-refractivity contribution in [2.24, 2.45) is 0 Å². The second-order valence-corrected chi connectivity index (χ2v) is 8.47. The van der Waals surface area contributed by atoms with Crippen molar-refractivity contribution >= 4 is 46.2 Å². The zero-order valence-corrected chi connectivity index (χ0v) is 17.4. The van der Waals surface area contributed by atoms with Gasteiger partial charge in [0.25, 0.3) is 5.91 Å². The summed E-state index contributed by atoms with van der Waals surface area (Å²) in [5.74, 6) is 0.393. The number of methoxy groups -OCH3 is 1. The van der Waals surface area contributed by atoms with Gasteiger partial charge in [0.15, 0.2) is 0 Å². The summed E-state index contributed by atoms with van der Waals surface area (Å²) in [7, 11) is 1.60. The first-order valence-electron chi connectivity index (χ1n) is 9.33. The average Bonchev–Trinajstić information content (AvgIpc) is 2.96. The number of hydrogen-bond donors (Lipinski definition) is 1. The van der Waals surface area contributed by atoms with Gasteiger partial charge in [0.05, 0.1) is 12.0 Å². The molecule has 1 N–H and O–H groups in total. The van der Waals surface area contributed by atoms with Gasteiger partial charge in [-0.3, -0.25) is 14.5 Å². The first-order chi connectivity index (χ1) is 13.5. The molecule has 0 unspecified atom stereocenters. The number of piperidine rings is 1. The van der Waals surface area contributed by atoms with E-state index >= 15 is 0 Å². The standard InChI is InChI=1S/C20H24N2O4S2/c1-26-16-7-5-14(6-8-16)12-17-19(25)22(20(27)28-17)13-18(24)21-10-3-2-4-15(21)9-11-23/h5-8,12,15,23H,2-4,9-11,13H2,1H3/b17-12+/t15-/m1/s1. The molecule has 2 heterocycles. The maximum absolute atomic E-state index is 12.8. The fraction of sp³-hybridized carbons (Fsp3) is 0.450. The maximum atomic E-state index is 12.8. The summed E-state index contributed by atoms with van der Waals surface area (Å²) in [5, 5.41) is 9.25. The number of thioether (sulfide) groups is 1. The van der Waals surface area contributed by atoms with Crippen molar-refractivity contribution in [2.45, 2.75) is 31.7 Å². The Kier molecular flexibility index (Phi) is 7.09. The van der Waals surface area contributed by atoms with Gasteiger partial charge in [0.2, 0.25) is 5.91 Å². The minimum Gasteiger partial charge on any atom is -0.497 e. The number of rotatable bonds is 6. The van der Waals surface area contributed by atoms with Crippen LogP contribution in [0.25, 0.3) is 6.08 Å². The summed E-state index contributed by atoms with van der Waals surface area (Å²) in [6.45, 7) is 0.673. The second kappa shape index (κ2) is 9.54. The Morgan fingerprint density at radius 2 is 2.11 bits per heavy atom. The lowest BCUT2D eigenvalue weighted by Crippen LogP contribution is -2.49. The second-order valence-electron chi connectivity index (χ2n) is 6.79. The Labute approximate surface area is 174 Å². The van der Waals surface area contributed by atoms with Crippen LogP contribution in [0, 0.1) is 0 Å². The summed E-state index contributed by atoms with van der Waals surface area (Å²) in [6.07, 6.45) is 5.24. The highest BCUT2D eigenvalue weighted by atomic mass is 32.2. The highest BCUT2D eigenvalue weighted by Crippen LogP contribution is 2.33. The highest BCUT2D eigenvalue weighted by molar-refractivity contribution is 8.26. The molecular weight excluding hydrogens is 396 g/mol. The third-order valence-corrected chi connectivity index (χ3v) is 6.37. The Balaban J connectivity index is 1.69. The van der Waals surface area contributed by atoms with Crippen molar-refractivity contribution in [2.75, 3.05) is 26.8 Å². The molecule has 3 rings (SSSR count). The Bertz CT molecular complexity index is 777. The van der Waals surface area contributed by atoms with Crippen LogP contribution in [-0.2, 0) is 9.59 Å². The van der Waals surface area contributed by atoms with Crippen LogP contribution in [0.2, 0.25) is 0 Å². The van der Waals surface area contributed by atoms with Crippen LogP contribution >= 0.6 is 24.0 Å². The van der Waals surface area contributed by atoms with Crippen LogP contribution in [0.4, 0.5) is 0 Å². The summed E-state index contributed by atoms with van der Waals surface area (Å²) in [5.41, 5.74) is 0.867. The zero-order valence-electron chi connectivity index (χ0n) is 15.8. The number of hydrogen-bond acceptors (Lipinski definition) is 6. The SMILES string of the molecule is COc1ccc(/C=C2/SC(=S)N(CC(=O)N3CCCC[C@@H]3CCO)C2=O)cc1. The van der Waals surface area contributed by atoms with Gasteiger partial charge >= 0.3 is 0 Å². The summed E-state index contributed by atoms with van der Waals surface area (Å²) >= 11 is 6.56. The molecule has 0 spiro atoms. The molecule has 1 atom stereocenters. The number of aliphatic hydroxyl groups excluding tert-OH is 1. The van der Waals surface area contributed by atoms with Crippen molar-refractivity contribution in [3.05, 3.63) is 34.7 Å². The number of benzene rings is 1. The Hall–Kier alpha value is -1.90. The smallest absolute Gasteiger partial charge is 0.266 e. The van der Waals surface area contributed by atoms with E-state index in [2.05, 4.69) is 0 Å². The average molecular weight is 421 g/mol. The maximum Gasteiger partial charge on any atom is 0.266 e. The fourth-order valence-corrected chi connectivity index (χ4v) is 4.75. The molecule has 0 radical (unpaired) electrons. The van der Waals surface area contributed by atoms with E-state index in [1.54, 1.807) is 18.1 Å². The van der Waals surface area contributed by atoms with E-state index in [1.807, 2.05) is 24.3 Å². The number of carbonyl (C=O) groups is 2. The van der Waals surface area contributed by atoms with Crippen LogP contribution in [-0.4, -0.2) is 63.9 Å². The molecule has 2 aliphatic rings. The first kappa shape index (κ1) is 20.8. The highest BCUT2D eigenvalue weighted by Gasteiger charge is 2.36. The van der Waals surface area contributed by atoms with E-state index in [4.69, 9.17) is 17.0 Å². The minimum atomic E-state index is -0.241. The number of amides is 2. The van der Waals surface area contributed by atoms with E-state index in [9.17, 15) is 14.7 Å². The molecular formula is C20H24N2O4S2. The predicted octanol–water partition coefficient (Wildman–Crippen LogP) is 2.66. The van der Waals surface area contributed by atoms with Gasteiger partial charge in [-0.25, -0.2) is 0 Å². The van der Waals surface area contributed by atoms with Crippen LogP contribution in [0.5, 0.6) is 5.75 Å². The summed E-state index contributed by atoms with van der Waals surface area (Å²) in [4.78, 5) is 29.3. The van der Waals surface area contributed by atoms with Crippen LogP contribution in [0.3, 0.4) is 0 Å². The third-order valence-electron chi connectivity index (χ3n) is 4.99. The Morgan fingerprint density at radius 1 is 1.36 bits per heavy atom. The first-order valence-corrected chi connectivity index (χ1v) is 10.6. The number of carbonyl (C=O) groups excluding carboxylic acids is 2. The predicted molar refractivity (Wildman–Crippen MR) is 114 cm³/mol. The van der Waals surface area contributed by atoms with E-state index < -0.39 is 0 Å². The number of ether oxygens (including phenoxy) is 1. The molecule has 1 aromatic carbocycles. The van der Waals surface area contributed by atoms with E-state index in [0.29, 0.717) is 22.2 Å². The molecule has 8 heteroatoms. The van der Waals surface area contributed by atoms with Gasteiger partial charge in [0.1, 0.15) is 16.6 Å². The lowest BCUT2D eigenvalue weighted by Gasteiger charge is -2.36. The van der Waals surface area contributed by atoms with Crippen LogP contribution in [0.15, 0.2) is 29.2 Å². The van der Waals surface area contributed by atoms with Crippen molar-refractivity contribution in [1.29, 1.82) is 0 Å². The molecule has 2 amide bonds. The van der Waals surface area contributed by atoms with Crippen molar-refractivity contribution in [1.82, 2.24) is 9.80 Å². The van der Waals surface area contributed by atoms with Crippen molar-refractivity contribution in [3.63, 3.8) is 0 Å². The largest absolute Gasteiger partial charge is 0.497 e. The molecule has 6 nitrogen and oxygen atoms in total. The fourth-order valence-electron chi connectivity index (χ4n) is 3.49. The molecule has 0 aliphatic carbocycles. The minimum absolute atomic E-state index is 0.0412. The van der Waals surface area contributed by atoms with Crippen molar-refractivity contribution < 1.29 is 19.4 Å². The molecule has 0 bridgehead atoms. The lowest BCUT2D eigenvalue weighted by molar-refractivity contribution is -0.138. The molecule has 0 aromatic heterocycles. The quantitative estimate of drug-likeness (QED) is 0.564. The molecule has 0 saturated carbocycles. The zero-order chi connectivity index (χ0) is 20.1. The molecule has 2 aliphatic heterocycles. The summed E-state index contributed by atoms with van der Waals surface area (Å²) < 4.78 is 5.54. The van der Waals surface area contributed by atoms with E-state index in [0.717, 1.165) is 30.6 Å². The third kappa shape index (κ3) is 4.74. The molecule has 2 fully saturated rings. The van der Waals surface area contributed by atoms with Gasteiger partial charge in [-0.1, -0.05) is 36.1 Å². The van der Waals surface area contributed by atoms with Gasteiger partial charge < -0.3 is 14.7 Å². The van der Waals surface area contributed by atoms with Gasteiger partial charge in [-0.05, 0) is 49.5 Å². The lowest BCUT2D eigenvalue weighted by atomic mass is 9.99. The van der Waals surface area contributed by atoms with Gasteiger partial charge in [-0.2, -0.15) is 0 Å². The monoisotopic (exact) mass is 420 g/mol. The van der Waals surface area contributed by atoms with Gasteiger partial charge in [0, 0.05) is 19.2 Å².